The van der Waals surface area contributed by atoms with Gasteiger partial charge in [0, 0.05) is 19.1 Å². The number of hydrogen-bond acceptors (Lipinski definition) is 4. The minimum atomic E-state index is 0.303. The van der Waals surface area contributed by atoms with Crippen LogP contribution in [0.3, 0.4) is 0 Å². The van der Waals surface area contributed by atoms with Gasteiger partial charge in [0.1, 0.15) is 0 Å². The van der Waals surface area contributed by atoms with Crippen LogP contribution in [0.5, 0.6) is 0 Å². The lowest BCUT2D eigenvalue weighted by Gasteiger charge is -2.25. The summed E-state index contributed by atoms with van der Waals surface area (Å²) < 4.78 is 0. The highest BCUT2D eigenvalue weighted by Gasteiger charge is 2.18. The van der Waals surface area contributed by atoms with Crippen molar-refractivity contribution in [1.29, 1.82) is 0 Å². The van der Waals surface area contributed by atoms with Crippen LogP contribution in [0.15, 0.2) is 48.5 Å². The van der Waals surface area contributed by atoms with Gasteiger partial charge in [0.15, 0.2) is 0 Å². The first kappa shape index (κ1) is 22.3. The lowest BCUT2D eigenvalue weighted by Crippen LogP contribution is -2.31. The third-order valence-corrected chi connectivity index (χ3v) is 4.56. The second-order valence-electron chi connectivity index (χ2n) is 6.16. The summed E-state index contributed by atoms with van der Waals surface area (Å²) in [5.74, 6) is 5.65. The predicted octanol–water partition coefficient (Wildman–Crippen LogP) is 4.17. The van der Waals surface area contributed by atoms with E-state index in [9.17, 15) is 0 Å². The van der Waals surface area contributed by atoms with Crippen LogP contribution in [-0.2, 0) is 11.4 Å². The number of nitrogens with zero attached hydrogens (tertiary/aromatic N) is 1. The van der Waals surface area contributed by atoms with Crippen molar-refractivity contribution in [2.45, 2.75) is 46.6 Å². The topological polar surface area (TPSA) is 64.5 Å². The second-order valence-corrected chi connectivity index (χ2v) is 6.16. The molecule has 0 saturated heterocycles. The SMILES string of the molecule is CC.CCN(CN)CCC(c1ccccc1)c1cc(C)ccc1CON. The highest BCUT2D eigenvalue weighted by atomic mass is 16.6. The molecule has 0 radical (unpaired) electrons. The fourth-order valence-electron chi connectivity index (χ4n) is 3.14. The van der Waals surface area contributed by atoms with Gasteiger partial charge in [0.05, 0.1) is 6.61 Å². The van der Waals surface area contributed by atoms with E-state index in [1.54, 1.807) is 0 Å². The molecule has 0 fully saturated rings. The lowest BCUT2D eigenvalue weighted by molar-refractivity contribution is 0.123. The summed E-state index contributed by atoms with van der Waals surface area (Å²) in [7, 11) is 0. The van der Waals surface area contributed by atoms with Crippen molar-refractivity contribution in [3.8, 4) is 0 Å². The molecule has 0 aliphatic heterocycles. The largest absolute Gasteiger partial charge is 0.318 e. The molecule has 4 N–H and O–H groups in total. The van der Waals surface area contributed by atoms with E-state index in [0.29, 0.717) is 19.2 Å². The molecule has 0 aliphatic rings. The zero-order chi connectivity index (χ0) is 19.4. The van der Waals surface area contributed by atoms with E-state index in [1.807, 2.05) is 13.8 Å². The Labute approximate surface area is 159 Å². The Morgan fingerprint density at radius 3 is 2.35 bits per heavy atom. The van der Waals surface area contributed by atoms with Gasteiger partial charge in [-0.3, -0.25) is 9.74 Å². The average molecular weight is 358 g/mol. The van der Waals surface area contributed by atoms with Crippen LogP contribution in [0, 0.1) is 6.92 Å². The molecule has 0 saturated carbocycles. The summed E-state index contributed by atoms with van der Waals surface area (Å²) in [6, 6.07) is 17.1. The number of hydrogen-bond donors (Lipinski definition) is 2. The van der Waals surface area contributed by atoms with Gasteiger partial charge in [-0.05, 0) is 36.6 Å². The molecule has 2 aromatic carbocycles. The Morgan fingerprint density at radius 1 is 1.08 bits per heavy atom. The smallest absolute Gasteiger partial charge is 0.0932 e. The zero-order valence-electron chi connectivity index (χ0n) is 16.7. The maximum absolute atomic E-state index is 5.84. The predicted molar refractivity (Wildman–Crippen MR) is 111 cm³/mol. The van der Waals surface area contributed by atoms with E-state index in [1.165, 1.54) is 16.7 Å². The molecule has 1 atom stereocenters. The minimum absolute atomic E-state index is 0.303. The quantitative estimate of drug-likeness (QED) is 0.522. The van der Waals surface area contributed by atoms with Gasteiger partial charge in [0.2, 0.25) is 0 Å². The number of nitrogens with two attached hydrogens (primary N) is 2. The van der Waals surface area contributed by atoms with Gasteiger partial charge in [-0.25, -0.2) is 5.90 Å². The van der Waals surface area contributed by atoms with Crippen molar-refractivity contribution < 1.29 is 4.84 Å². The Hall–Kier alpha value is -1.72. The standard InChI is InChI=1S/C20H29N3O.C2H6/c1-3-23(15-21)12-11-19(17-7-5-4-6-8-17)20-13-16(2)9-10-18(20)14-24-22;1-2/h4-10,13,19H,3,11-12,14-15,21-22H2,1-2H3;1-2H3. The Kier molecular flexibility index (Phi) is 10.8. The molecule has 0 spiro atoms. The second kappa shape index (κ2) is 12.6. The van der Waals surface area contributed by atoms with Gasteiger partial charge < -0.3 is 5.73 Å². The lowest BCUT2D eigenvalue weighted by atomic mass is 9.85. The molecular formula is C22H35N3O. The average Bonchev–Trinajstić information content (AvgIpc) is 2.69. The fraction of sp³-hybridized carbons (Fsp3) is 0.455. The van der Waals surface area contributed by atoms with Gasteiger partial charge in [-0.15, -0.1) is 0 Å². The molecule has 0 aliphatic carbocycles. The molecule has 0 heterocycles. The van der Waals surface area contributed by atoms with E-state index in [2.05, 4.69) is 67.3 Å². The van der Waals surface area contributed by atoms with Crippen LogP contribution in [0.1, 0.15) is 55.4 Å². The van der Waals surface area contributed by atoms with E-state index in [0.717, 1.165) is 25.1 Å². The molecule has 4 heteroatoms. The van der Waals surface area contributed by atoms with E-state index in [4.69, 9.17) is 16.5 Å². The van der Waals surface area contributed by atoms with Crippen LogP contribution in [0.25, 0.3) is 0 Å². The van der Waals surface area contributed by atoms with Gasteiger partial charge in [-0.2, -0.15) is 0 Å². The molecule has 4 nitrogen and oxygen atoms in total. The fourth-order valence-corrected chi connectivity index (χ4v) is 3.14. The summed E-state index contributed by atoms with van der Waals surface area (Å²) >= 11 is 0. The first-order valence-electron chi connectivity index (χ1n) is 9.58. The molecule has 0 amide bonds. The van der Waals surface area contributed by atoms with Crippen LogP contribution in [-0.4, -0.2) is 24.7 Å². The van der Waals surface area contributed by atoms with Crippen molar-refractivity contribution in [2.75, 3.05) is 19.8 Å². The molecule has 26 heavy (non-hydrogen) atoms. The Morgan fingerprint density at radius 2 is 1.77 bits per heavy atom. The summed E-state index contributed by atoms with van der Waals surface area (Å²) in [5.41, 5.74) is 10.8. The van der Waals surface area contributed by atoms with Gasteiger partial charge in [0.25, 0.3) is 0 Å². The highest BCUT2D eigenvalue weighted by Crippen LogP contribution is 2.31. The molecule has 0 bridgehead atoms. The number of rotatable bonds is 9. The summed E-state index contributed by atoms with van der Waals surface area (Å²) in [4.78, 5) is 7.19. The summed E-state index contributed by atoms with van der Waals surface area (Å²) in [6.45, 7) is 11.2. The van der Waals surface area contributed by atoms with E-state index < -0.39 is 0 Å². The van der Waals surface area contributed by atoms with Crippen molar-refractivity contribution in [2.24, 2.45) is 11.6 Å². The third kappa shape index (κ3) is 6.54. The summed E-state index contributed by atoms with van der Waals surface area (Å²) in [6.07, 6.45) is 1.01. The van der Waals surface area contributed by atoms with Gasteiger partial charge >= 0.3 is 0 Å². The van der Waals surface area contributed by atoms with Crippen molar-refractivity contribution in [3.05, 3.63) is 70.8 Å². The van der Waals surface area contributed by atoms with Crippen LogP contribution in [0.2, 0.25) is 0 Å². The number of aryl methyl sites for hydroxylation is 1. The first-order valence-corrected chi connectivity index (χ1v) is 9.58. The van der Waals surface area contributed by atoms with Crippen LogP contribution in [0.4, 0.5) is 0 Å². The maximum Gasteiger partial charge on any atom is 0.0932 e. The van der Waals surface area contributed by atoms with Crippen molar-refractivity contribution in [1.82, 2.24) is 4.90 Å². The summed E-state index contributed by atoms with van der Waals surface area (Å²) in [5, 5.41) is 0. The molecule has 0 aromatic heterocycles. The molecule has 2 aromatic rings. The van der Waals surface area contributed by atoms with Gasteiger partial charge in [-0.1, -0.05) is 74.9 Å². The molecule has 2 rings (SSSR count). The first-order chi connectivity index (χ1) is 12.7. The molecule has 1 unspecified atom stereocenters. The van der Waals surface area contributed by atoms with E-state index >= 15 is 0 Å². The Bertz CT molecular complexity index is 612. The number of benzene rings is 2. The normalized spacial score (nSPS) is 11.8. The van der Waals surface area contributed by atoms with E-state index in [-0.39, 0.29) is 0 Å². The molecular weight excluding hydrogens is 322 g/mol. The Balaban J connectivity index is 0.00000163. The third-order valence-electron chi connectivity index (χ3n) is 4.56. The van der Waals surface area contributed by atoms with Crippen LogP contribution < -0.4 is 11.6 Å². The van der Waals surface area contributed by atoms with Crippen LogP contribution >= 0.6 is 0 Å². The maximum atomic E-state index is 5.84. The van der Waals surface area contributed by atoms with Crippen molar-refractivity contribution >= 4 is 0 Å². The monoisotopic (exact) mass is 357 g/mol. The van der Waals surface area contributed by atoms with Crippen molar-refractivity contribution in [3.63, 3.8) is 0 Å². The highest BCUT2D eigenvalue weighted by molar-refractivity contribution is 5.40. The minimum Gasteiger partial charge on any atom is -0.318 e. The molecule has 144 valence electrons. The zero-order valence-corrected chi connectivity index (χ0v) is 16.7.